The molecular weight excluding hydrogens is 538 g/mol. The molecule has 9 heteroatoms. The molecule has 0 bridgehead atoms. The first-order valence-electron chi connectivity index (χ1n) is 7.85. The summed E-state index contributed by atoms with van der Waals surface area (Å²) in [5.74, 6) is -0.481. The molecule has 2 N–H and O–H groups in total. The number of amides is 1. The predicted molar refractivity (Wildman–Crippen MR) is 95.4 cm³/mol. The summed E-state index contributed by atoms with van der Waals surface area (Å²) in [6.45, 7) is 5.33. The van der Waals surface area contributed by atoms with Gasteiger partial charge in [-0.05, 0) is 12.5 Å². The van der Waals surface area contributed by atoms with E-state index < -0.39 is 16.3 Å². The fourth-order valence-electron chi connectivity index (χ4n) is 1.75. The Bertz CT molecular complexity index is 380. The van der Waals surface area contributed by atoms with E-state index in [4.69, 9.17) is 0 Å². The minimum atomic E-state index is -4.48. The SMILES string of the molecule is C=CC(N)=O.CCCCCCCCCCCCOS(=O)(=O)[O-].[Na+].[PoH2]. The predicted octanol–water partition coefficient (Wildman–Crippen LogP) is -0.870. The zero-order valence-electron chi connectivity index (χ0n) is 15.1. The third-order valence-corrected chi connectivity index (χ3v) is 3.38. The van der Waals surface area contributed by atoms with Crippen LogP contribution < -0.4 is 35.3 Å². The van der Waals surface area contributed by atoms with E-state index in [-0.39, 0.29) is 62.7 Å². The van der Waals surface area contributed by atoms with Gasteiger partial charge in [-0.2, -0.15) is 0 Å². The molecule has 0 unspecified atom stereocenters. The van der Waals surface area contributed by atoms with Crippen molar-refractivity contribution in [2.24, 2.45) is 5.73 Å². The fraction of sp³-hybridized carbons (Fsp3) is 0.800. The van der Waals surface area contributed by atoms with Gasteiger partial charge in [0, 0.05) is 0 Å². The van der Waals surface area contributed by atoms with Gasteiger partial charge in [-0.3, -0.25) is 8.98 Å². The molecule has 0 rings (SSSR count). The number of rotatable bonds is 13. The van der Waals surface area contributed by atoms with Crippen molar-refractivity contribution in [2.75, 3.05) is 6.61 Å². The zero-order chi connectivity index (χ0) is 17.3. The summed E-state index contributed by atoms with van der Waals surface area (Å²) in [6, 6.07) is 0. The standard InChI is InChI=1S/C12H26O4S.C3H5NO.Na.Po.2H/c1-2-3-4-5-6-7-8-9-10-11-12-16-17(13,14)15;1-2-3(4)5;;;;/h2-12H2,1H3,(H,13,14,15);2H,1H2,(H2,4,5);;;;/q;;+1;;;/p-1. The van der Waals surface area contributed by atoms with Gasteiger partial charge in [0.15, 0.2) is 0 Å². The normalized spacial score (nSPS) is 9.75. The Morgan fingerprint density at radius 1 is 1.04 bits per heavy atom. The molecule has 0 atom stereocenters. The van der Waals surface area contributed by atoms with Crippen molar-refractivity contribution in [2.45, 2.75) is 71.1 Å². The summed E-state index contributed by atoms with van der Waals surface area (Å²) in [5.41, 5.74) is 4.53. The Morgan fingerprint density at radius 3 is 1.67 bits per heavy atom. The van der Waals surface area contributed by atoms with Gasteiger partial charge < -0.3 is 10.3 Å². The average Bonchev–Trinajstić information content (AvgIpc) is 2.44. The van der Waals surface area contributed by atoms with Crippen LogP contribution in [0.5, 0.6) is 0 Å². The second kappa shape index (κ2) is 24.0. The summed E-state index contributed by atoms with van der Waals surface area (Å²) in [6.07, 6.45) is 12.8. The molecule has 140 valence electrons. The summed E-state index contributed by atoms with van der Waals surface area (Å²) in [7, 11) is -4.48. The Labute approximate surface area is 189 Å². The van der Waals surface area contributed by atoms with Gasteiger partial charge in [-0.1, -0.05) is 71.3 Å². The quantitative estimate of drug-likeness (QED) is 0.102. The van der Waals surface area contributed by atoms with Gasteiger partial charge in [-0.15, -0.1) is 0 Å². The van der Waals surface area contributed by atoms with E-state index in [1.54, 1.807) is 0 Å². The number of nitrogens with two attached hydrogens (primary N) is 1. The van der Waals surface area contributed by atoms with Crippen molar-refractivity contribution in [1.82, 2.24) is 0 Å². The van der Waals surface area contributed by atoms with Gasteiger partial charge in [0.05, 0.1) is 6.61 Å². The van der Waals surface area contributed by atoms with Crippen molar-refractivity contribution in [3.8, 4) is 0 Å². The van der Waals surface area contributed by atoms with Crippen LogP contribution in [0.25, 0.3) is 0 Å². The monoisotopic (exact) mass is 570 g/mol. The maximum absolute atomic E-state index is 10.1. The van der Waals surface area contributed by atoms with Crippen molar-refractivity contribution in [1.29, 1.82) is 0 Å². The third kappa shape index (κ3) is 38.5. The molecule has 0 aliphatic rings. The van der Waals surface area contributed by atoms with E-state index >= 15 is 0 Å². The maximum atomic E-state index is 10.1. The van der Waals surface area contributed by atoms with Crippen molar-refractivity contribution < 1.29 is 51.5 Å². The van der Waals surface area contributed by atoms with Crippen LogP contribution >= 0.6 is 0 Å². The van der Waals surface area contributed by atoms with Gasteiger partial charge in [0.25, 0.3) is 0 Å². The van der Waals surface area contributed by atoms with Crippen molar-refractivity contribution in [3.63, 3.8) is 0 Å². The molecule has 0 saturated carbocycles. The molecule has 0 aromatic rings. The first-order valence-corrected chi connectivity index (χ1v) is 9.19. The Hall–Kier alpha value is 0.976. The van der Waals surface area contributed by atoms with E-state index in [9.17, 15) is 17.8 Å². The Kier molecular flexibility index (Phi) is 32.6. The minimum absolute atomic E-state index is 0. The van der Waals surface area contributed by atoms with Gasteiger partial charge in [0.1, 0.15) is 0 Å². The molecule has 0 fully saturated rings. The van der Waals surface area contributed by atoms with Crippen LogP contribution in [0.2, 0.25) is 0 Å². The van der Waals surface area contributed by atoms with E-state index in [0.29, 0.717) is 6.42 Å². The topological polar surface area (TPSA) is 110 Å². The van der Waals surface area contributed by atoms with Crippen LogP contribution in [-0.4, -0.2) is 52.1 Å². The molecule has 24 heavy (non-hydrogen) atoms. The molecule has 0 aromatic heterocycles. The Balaban J connectivity index is -0.000000250. The van der Waals surface area contributed by atoms with Crippen LogP contribution in [0.4, 0.5) is 0 Å². The summed E-state index contributed by atoms with van der Waals surface area (Å²) in [4.78, 5) is 9.47. The number of unbranched alkanes of at least 4 members (excludes halogenated alkanes) is 9. The van der Waals surface area contributed by atoms with Gasteiger partial charge in [0.2, 0.25) is 16.3 Å². The summed E-state index contributed by atoms with van der Waals surface area (Å²) >= 11 is 0. The average molecular weight is 570 g/mol. The van der Waals surface area contributed by atoms with Crippen LogP contribution in [0.15, 0.2) is 12.7 Å². The number of hydrogen-bond acceptors (Lipinski definition) is 5. The van der Waals surface area contributed by atoms with Gasteiger partial charge >= 0.3 is 56.1 Å². The molecule has 0 aromatic carbocycles. The van der Waals surface area contributed by atoms with Crippen molar-refractivity contribution >= 4 is 42.9 Å². The first-order chi connectivity index (χ1) is 10.3. The molecule has 0 heterocycles. The van der Waals surface area contributed by atoms with E-state index in [1.807, 2.05) is 0 Å². The second-order valence-electron chi connectivity index (χ2n) is 5.02. The third-order valence-electron chi connectivity index (χ3n) is 2.93. The Morgan fingerprint density at radius 2 is 1.38 bits per heavy atom. The van der Waals surface area contributed by atoms with E-state index in [0.717, 1.165) is 18.9 Å². The number of hydrogen-bond donors (Lipinski definition) is 1. The van der Waals surface area contributed by atoms with Gasteiger partial charge in [-0.25, -0.2) is 8.42 Å². The zero-order valence-corrected chi connectivity index (χ0v) is 21.8. The number of carbonyl (C=O) groups is 1. The molecule has 0 aliphatic heterocycles. The summed E-state index contributed by atoms with van der Waals surface area (Å²) < 4.78 is 34.5. The molecule has 1 amide bonds. The second-order valence-corrected chi connectivity index (χ2v) is 6.07. The molecular formula is C15H32NNaO5PoS. The van der Waals surface area contributed by atoms with Crippen molar-refractivity contribution in [3.05, 3.63) is 12.7 Å². The van der Waals surface area contributed by atoms with Crippen LogP contribution in [0.3, 0.4) is 0 Å². The van der Waals surface area contributed by atoms with Crippen LogP contribution in [0, 0.1) is 0 Å². The molecule has 6 nitrogen and oxygen atoms in total. The molecule has 0 spiro atoms. The first kappa shape index (κ1) is 32.6. The molecule has 0 saturated heterocycles. The number of primary amides is 1. The number of carbonyl (C=O) groups excluding carboxylic acids is 1. The summed E-state index contributed by atoms with van der Waals surface area (Å²) in [5, 5.41) is 0. The molecule has 0 aliphatic carbocycles. The van der Waals surface area contributed by atoms with E-state index in [2.05, 4.69) is 23.4 Å². The fourth-order valence-corrected chi connectivity index (χ4v) is 2.07. The van der Waals surface area contributed by atoms with Crippen LogP contribution in [-0.2, 0) is 19.4 Å². The molecule has 0 radical (unpaired) electrons. The van der Waals surface area contributed by atoms with Crippen LogP contribution in [0.1, 0.15) is 71.1 Å². The van der Waals surface area contributed by atoms with E-state index in [1.165, 1.54) is 44.9 Å².